The molecule has 1 aliphatic rings. The van der Waals surface area contributed by atoms with Gasteiger partial charge in [0.1, 0.15) is 5.75 Å². The first-order chi connectivity index (χ1) is 16.7. The smallest absolute Gasteiger partial charge is 0.224 e. The largest absolute Gasteiger partial charge is 0.497 e. The van der Waals surface area contributed by atoms with Crippen molar-refractivity contribution < 1.29 is 9.53 Å². The number of aryl methyl sites for hydroxylation is 1. The molecule has 7 nitrogen and oxygen atoms in total. The standard InChI is InChI=1S/C26H29N5O2S/c1-33-22-13-11-20(12-14-22)23-18-31-25(28-23)34-26(29-31)30-16-6-10-21(17-30)24(32)27-15-5-9-19-7-3-2-4-8-19/h2-4,7-8,11-14,18,21H,5-6,9-10,15-17H2,1H3,(H,27,32)/t21-/m0/s1. The fraction of sp³-hybridized carbons (Fsp3) is 0.346. The fourth-order valence-electron chi connectivity index (χ4n) is 4.38. The lowest BCUT2D eigenvalue weighted by molar-refractivity contribution is -0.125. The fourth-order valence-corrected chi connectivity index (χ4v) is 5.29. The number of imidazole rings is 1. The van der Waals surface area contributed by atoms with Gasteiger partial charge in [0, 0.05) is 25.2 Å². The van der Waals surface area contributed by atoms with Gasteiger partial charge in [-0.25, -0.2) is 9.50 Å². The number of anilines is 1. The van der Waals surface area contributed by atoms with Crippen LogP contribution >= 0.6 is 11.3 Å². The first-order valence-electron chi connectivity index (χ1n) is 11.8. The normalized spacial score (nSPS) is 16.0. The Morgan fingerprint density at radius 3 is 2.76 bits per heavy atom. The molecule has 0 saturated carbocycles. The minimum absolute atomic E-state index is 0.00319. The number of fused-ring (bicyclic) bond motifs is 1. The van der Waals surface area contributed by atoms with E-state index in [1.165, 1.54) is 5.56 Å². The third-order valence-electron chi connectivity index (χ3n) is 6.27. The van der Waals surface area contributed by atoms with E-state index in [1.54, 1.807) is 18.4 Å². The topological polar surface area (TPSA) is 71.8 Å². The summed E-state index contributed by atoms with van der Waals surface area (Å²) in [4.78, 5) is 20.6. The zero-order chi connectivity index (χ0) is 23.3. The molecule has 0 aliphatic carbocycles. The van der Waals surface area contributed by atoms with E-state index < -0.39 is 0 Å². The summed E-state index contributed by atoms with van der Waals surface area (Å²) in [6, 6.07) is 18.3. The number of hydrogen-bond donors (Lipinski definition) is 1. The van der Waals surface area contributed by atoms with Crippen molar-refractivity contribution in [3.05, 3.63) is 66.4 Å². The van der Waals surface area contributed by atoms with Crippen LogP contribution in [-0.4, -0.2) is 47.2 Å². The van der Waals surface area contributed by atoms with Crippen LogP contribution in [0.2, 0.25) is 0 Å². The molecule has 176 valence electrons. The maximum absolute atomic E-state index is 12.8. The lowest BCUT2D eigenvalue weighted by atomic mass is 9.97. The summed E-state index contributed by atoms with van der Waals surface area (Å²) in [5, 5.41) is 8.82. The Morgan fingerprint density at radius 2 is 2.00 bits per heavy atom. The van der Waals surface area contributed by atoms with Gasteiger partial charge in [0.2, 0.25) is 16.0 Å². The van der Waals surface area contributed by atoms with Crippen molar-refractivity contribution >= 4 is 27.3 Å². The summed E-state index contributed by atoms with van der Waals surface area (Å²) in [7, 11) is 1.66. The number of methoxy groups -OCH3 is 1. The van der Waals surface area contributed by atoms with E-state index in [9.17, 15) is 4.79 Å². The SMILES string of the molecule is COc1ccc(-c2cn3nc(N4CCC[C@H](C(=O)NCCCc5ccccc5)C4)sc3n2)cc1. The number of aromatic nitrogens is 3. The number of ether oxygens (including phenoxy) is 1. The molecule has 5 rings (SSSR count). The number of piperidine rings is 1. The third-order valence-corrected chi connectivity index (χ3v) is 7.25. The Balaban J connectivity index is 1.17. The van der Waals surface area contributed by atoms with Gasteiger partial charge in [-0.1, -0.05) is 41.7 Å². The number of rotatable bonds is 8. The van der Waals surface area contributed by atoms with Crippen LogP contribution in [0.3, 0.4) is 0 Å². The second-order valence-electron chi connectivity index (χ2n) is 8.63. The number of benzene rings is 2. The van der Waals surface area contributed by atoms with Gasteiger partial charge in [-0.2, -0.15) is 0 Å². The highest BCUT2D eigenvalue weighted by Gasteiger charge is 2.27. The van der Waals surface area contributed by atoms with Crippen LogP contribution in [0.4, 0.5) is 5.13 Å². The van der Waals surface area contributed by atoms with Gasteiger partial charge >= 0.3 is 0 Å². The van der Waals surface area contributed by atoms with Gasteiger partial charge in [-0.15, -0.1) is 5.10 Å². The van der Waals surface area contributed by atoms with Crippen molar-refractivity contribution in [3.63, 3.8) is 0 Å². The number of hydrogen-bond acceptors (Lipinski definition) is 6. The molecular weight excluding hydrogens is 446 g/mol. The Morgan fingerprint density at radius 1 is 1.18 bits per heavy atom. The summed E-state index contributed by atoms with van der Waals surface area (Å²) >= 11 is 1.57. The zero-order valence-electron chi connectivity index (χ0n) is 19.3. The molecule has 1 saturated heterocycles. The molecule has 34 heavy (non-hydrogen) atoms. The zero-order valence-corrected chi connectivity index (χ0v) is 20.1. The van der Waals surface area contributed by atoms with Gasteiger partial charge in [0.15, 0.2) is 0 Å². The molecule has 0 unspecified atom stereocenters. The molecule has 1 aliphatic heterocycles. The summed E-state index contributed by atoms with van der Waals surface area (Å²) in [6.45, 7) is 2.33. The molecule has 1 fully saturated rings. The van der Waals surface area contributed by atoms with E-state index in [4.69, 9.17) is 14.8 Å². The average molecular weight is 476 g/mol. The van der Waals surface area contributed by atoms with E-state index in [0.29, 0.717) is 13.1 Å². The van der Waals surface area contributed by atoms with Crippen molar-refractivity contribution in [1.82, 2.24) is 19.9 Å². The van der Waals surface area contributed by atoms with E-state index in [2.05, 4.69) is 34.5 Å². The van der Waals surface area contributed by atoms with Gasteiger partial charge < -0.3 is 15.0 Å². The Hall–Kier alpha value is -3.39. The molecule has 1 atom stereocenters. The number of amides is 1. The highest BCUT2D eigenvalue weighted by atomic mass is 32.1. The summed E-state index contributed by atoms with van der Waals surface area (Å²) in [5.41, 5.74) is 3.23. The summed E-state index contributed by atoms with van der Waals surface area (Å²) in [5.74, 6) is 0.975. The van der Waals surface area contributed by atoms with Crippen LogP contribution in [0.1, 0.15) is 24.8 Å². The molecule has 1 N–H and O–H groups in total. The Labute approximate surface area is 203 Å². The van der Waals surface area contributed by atoms with Crippen LogP contribution in [-0.2, 0) is 11.2 Å². The van der Waals surface area contributed by atoms with Crippen LogP contribution in [0.15, 0.2) is 60.8 Å². The van der Waals surface area contributed by atoms with Gasteiger partial charge in [-0.05, 0) is 55.5 Å². The number of nitrogens with zero attached hydrogens (tertiary/aromatic N) is 4. The van der Waals surface area contributed by atoms with Crippen molar-refractivity contribution in [2.75, 3.05) is 31.6 Å². The molecule has 1 amide bonds. The predicted molar refractivity (Wildman–Crippen MR) is 136 cm³/mol. The minimum atomic E-state index is -0.00319. The molecule has 2 aromatic heterocycles. The number of carbonyl (C=O) groups excluding carboxylic acids is 1. The quantitative estimate of drug-likeness (QED) is 0.382. The maximum Gasteiger partial charge on any atom is 0.224 e. The van der Waals surface area contributed by atoms with Gasteiger partial charge in [-0.3, -0.25) is 4.79 Å². The highest BCUT2D eigenvalue weighted by Crippen LogP contribution is 2.30. The molecular formula is C26H29N5O2S. The monoisotopic (exact) mass is 475 g/mol. The molecule has 3 heterocycles. The van der Waals surface area contributed by atoms with Crippen molar-refractivity contribution in [2.45, 2.75) is 25.7 Å². The van der Waals surface area contributed by atoms with E-state index >= 15 is 0 Å². The van der Waals surface area contributed by atoms with Crippen LogP contribution in [0.5, 0.6) is 5.75 Å². The first kappa shape index (κ1) is 22.4. The van der Waals surface area contributed by atoms with Crippen LogP contribution < -0.4 is 15.0 Å². The summed E-state index contributed by atoms with van der Waals surface area (Å²) in [6.07, 6.45) is 5.80. The van der Waals surface area contributed by atoms with E-state index in [-0.39, 0.29) is 11.8 Å². The summed E-state index contributed by atoms with van der Waals surface area (Å²) < 4.78 is 7.07. The molecule has 4 aromatic rings. The number of nitrogens with one attached hydrogen (secondary N) is 1. The second kappa shape index (κ2) is 10.3. The second-order valence-corrected chi connectivity index (χ2v) is 9.57. The highest BCUT2D eigenvalue weighted by molar-refractivity contribution is 7.20. The first-order valence-corrected chi connectivity index (χ1v) is 12.6. The van der Waals surface area contributed by atoms with Crippen LogP contribution in [0.25, 0.3) is 16.2 Å². The number of carbonyl (C=O) groups is 1. The van der Waals surface area contributed by atoms with E-state index in [1.807, 2.05) is 41.0 Å². The lowest BCUT2D eigenvalue weighted by Crippen LogP contribution is -2.43. The predicted octanol–water partition coefficient (Wildman–Crippen LogP) is 4.43. The van der Waals surface area contributed by atoms with Crippen LogP contribution in [0, 0.1) is 5.92 Å². The van der Waals surface area contributed by atoms with Gasteiger partial charge in [0.05, 0.1) is 24.9 Å². The molecule has 0 spiro atoms. The lowest BCUT2D eigenvalue weighted by Gasteiger charge is -2.31. The van der Waals surface area contributed by atoms with E-state index in [0.717, 1.165) is 59.3 Å². The minimum Gasteiger partial charge on any atom is -0.497 e. The third kappa shape index (κ3) is 5.07. The van der Waals surface area contributed by atoms with Crippen molar-refractivity contribution in [3.8, 4) is 17.0 Å². The Kier molecular flexibility index (Phi) is 6.76. The van der Waals surface area contributed by atoms with Crippen molar-refractivity contribution in [1.29, 1.82) is 0 Å². The van der Waals surface area contributed by atoms with Crippen molar-refractivity contribution in [2.24, 2.45) is 5.92 Å². The Bertz CT molecular complexity index is 1200. The molecule has 2 aromatic carbocycles. The molecule has 8 heteroatoms. The maximum atomic E-state index is 12.8. The molecule has 0 bridgehead atoms. The average Bonchev–Trinajstić information content (AvgIpc) is 3.47. The van der Waals surface area contributed by atoms with Gasteiger partial charge in [0.25, 0.3) is 0 Å². The molecule has 0 radical (unpaired) electrons.